The molecule has 7 heteroatoms. The molecule has 1 saturated heterocycles. The van der Waals surface area contributed by atoms with Gasteiger partial charge in [0, 0.05) is 24.9 Å². The van der Waals surface area contributed by atoms with Gasteiger partial charge in [-0.3, -0.25) is 0 Å². The van der Waals surface area contributed by atoms with Crippen molar-refractivity contribution in [3.8, 4) is 11.5 Å². The topological polar surface area (TPSA) is 73.9 Å². The van der Waals surface area contributed by atoms with Crippen molar-refractivity contribution in [2.45, 2.75) is 11.0 Å². The summed E-state index contributed by atoms with van der Waals surface area (Å²) in [4.78, 5) is 0.184. The molecule has 0 amide bonds. The summed E-state index contributed by atoms with van der Waals surface area (Å²) >= 11 is 0. The minimum Gasteiger partial charge on any atom is -0.486 e. The average Bonchev–Trinajstić information content (AvgIpc) is 2.46. The van der Waals surface area contributed by atoms with Gasteiger partial charge in [-0.1, -0.05) is 6.07 Å². The number of ether oxygens (including phenoxy) is 3. The lowest BCUT2D eigenvalue weighted by atomic mass is 10.1. The van der Waals surface area contributed by atoms with E-state index < -0.39 is 9.84 Å². The normalized spacial score (nSPS) is 22.6. The Morgan fingerprint density at radius 1 is 1.20 bits per heavy atom. The second kappa shape index (κ2) is 5.23. The summed E-state index contributed by atoms with van der Waals surface area (Å²) in [7, 11) is -3.44. The first-order valence-corrected chi connectivity index (χ1v) is 8.41. The number of fused-ring (bicyclic) bond motifs is 1. The van der Waals surface area contributed by atoms with Crippen molar-refractivity contribution in [1.29, 1.82) is 0 Å². The molecule has 0 aliphatic carbocycles. The van der Waals surface area contributed by atoms with E-state index >= 15 is 0 Å². The first-order chi connectivity index (χ1) is 9.57. The van der Waals surface area contributed by atoms with E-state index in [0.29, 0.717) is 43.4 Å². The molecule has 110 valence electrons. The Morgan fingerprint density at radius 3 is 2.70 bits per heavy atom. The van der Waals surface area contributed by atoms with E-state index in [1.165, 1.54) is 6.26 Å². The van der Waals surface area contributed by atoms with Crippen LogP contribution < -0.4 is 14.8 Å². The number of morpholine rings is 1. The fourth-order valence-electron chi connectivity index (χ4n) is 2.51. The monoisotopic (exact) mass is 299 g/mol. The molecule has 0 saturated carbocycles. The van der Waals surface area contributed by atoms with E-state index in [-0.39, 0.29) is 11.0 Å². The number of rotatable bonds is 2. The van der Waals surface area contributed by atoms with E-state index in [9.17, 15) is 8.42 Å². The standard InChI is InChI=1S/C13H17NO5S/c1-20(15,16)13-9(11-8-14-4-5-17-11)2-3-10-12(13)19-7-6-18-10/h2-3,11,14H,4-8H2,1H3. The first kappa shape index (κ1) is 13.7. The minimum atomic E-state index is -3.44. The van der Waals surface area contributed by atoms with Gasteiger partial charge < -0.3 is 19.5 Å². The van der Waals surface area contributed by atoms with Gasteiger partial charge in [0.05, 0.1) is 12.7 Å². The van der Waals surface area contributed by atoms with E-state index in [1.54, 1.807) is 12.1 Å². The molecule has 20 heavy (non-hydrogen) atoms. The quantitative estimate of drug-likeness (QED) is 0.858. The van der Waals surface area contributed by atoms with Gasteiger partial charge in [0.1, 0.15) is 18.1 Å². The van der Waals surface area contributed by atoms with E-state index in [1.807, 2.05) is 0 Å². The summed E-state index contributed by atoms with van der Waals surface area (Å²) in [5.74, 6) is 0.787. The second-order valence-electron chi connectivity index (χ2n) is 4.84. The van der Waals surface area contributed by atoms with Crippen molar-refractivity contribution in [3.63, 3.8) is 0 Å². The molecule has 1 N–H and O–H groups in total. The number of nitrogens with one attached hydrogen (secondary N) is 1. The Hall–Kier alpha value is -1.31. The van der Waals surface area contributed by atoms with Gasteiger partial charge >= 0.3 is 0 Å². The highest BCUT2D eigenvalue weighted by Crippen LogP contribution is 2.41. The van der Waals surface area contributed by atoms with Crippen LogP contribution in [0.25, 0.3) is 0 Å². The third-order valence-electron chi connectivity index (χ3n) is 3.34. The minimum absolute atomic E-state index is 0.184. The Balaban J connectivity index is 2.14. The van der Waals surface area contributed by atoms with Gasteiger partial charge in [-0.25, -0.2) is 8.42 Å². The lowest BCUT2D eigenvalue weighted by molar-refractivity contribution is 0.0254. The largest absolute Gasteiger partial charge is 0.486 e. The molecule has 0 spiro atoms. The molecule has 1 atom stereocenters. The summed E-state index contributed by atoms with van der Waals surface area (Å²) in [6.07, 6.45) is 0.893. The van der Waals surface area contributed by atoms with Crippen LogP contribution in [0.1, 0.15) is 11.7 Å². The predicted molar refractivity (Wildman–Crippen MR) is 72.1 cm³/mol. The molecule has 1 fully saturated rings. The molecule has 2 heterocycles. The van der Waals surface area contributed by atoms with Crippen molar-refractivity contribution < 1.29 is 22.6 Å². The van der Waals surface area contributed by atoms with Crippen molar-refractivity contribution in [3.05, 3.63) is 17.7 Å². The number of hydrogen-bond acceptors (Lipinski definition) is 6. The van der Waals surface area contributed by atoms with Crippen LogP contribution >= 0.6 is 0 Å². The molecular weight excluding hydrogens is 282 g/mol. The van der Waals surface area contributed by atoms with Crippen molar-refractivity contribution in [2.24, 2.45) is 0 Å². The highest BCUT2D eigenvalue weighted by atomic mass is 32.2. The molecule has 3 rings (SSSR count). The van der Waals surface area contributed by atoms with Crippen LogP contribution in [0.4, 0.5) is 0 Å². The van der Waals surface area contributed by atoms with Crippen LogP contribution in [0, 0.1) is 0 Å². The smallest absolute Gasteiger partial charge is 0.180 e. The Labute approximate surface area is 117 Å². The maximum Gasteiger partial charge on any atom is 0.180 e. The molecule has 0 bridgehead atoms. The van der Waals surface area contributed by atoms with Gasteiger partial charge in [0.25, 0.3) is 0 Å². The van der Waals surface area contributed by atoms with Crippen molar-refractivity contribution >= 4 is 9.84 Å². The van der Waals surface area contributed by atoms with Gasteiger partial charge in [0.15, 0.2) is 21.3 Å². The average molecular weight is 299 g/mol. The fourth-order valence-corrected chi connectivity index (χ4v) is 3.63. The summed E-state index contributed by atoms with van der Waals surface area (Å²) in [6, 6.07) is 3.50. The third kappa shape index (κ3) is 2.48. The van der Waals surface area contributed by atoms with Crippen LogP contribution in [-0.2, 0) is 14.6 Å². The second-order valence-corrected chi connectivity index (χ2v) is 6.80. The molecule has 1 aromatic rings. The van der Waals surface area contributed by atoms with Crippen molar-refractivity contribution in [1.82, 2.24) is 5.32 Å². The zero-order chi connectivity index (χ0) is 14.2. The van der Waals surface area contributed by atoms with Crippen LogP contribution in [0.15, 0.2) is 17.0 Å². The van der Waals surface area contributed by atoms with E-state index in [0.717, 1.165) is 6.54 Å². The van der Waals surface area contributed by atoms with Crippen LogP contribution in [0.3, 0.4) is 0 Å². The third-order valence-corrected chi connectivity index (χ3v) is 4.50. The molecule has 0 aromatic heterocycles. The van der Waals surface area contributed by atoms with Gasteiger partial charge in [0.2, 0.25) is 0 Å². The first-order valence-electron chi connectivity index (χ1n) is 6.52. The maximum absolute atomic E-state index is 12.2. The Bertz CT molecular complexity index is 607. The SMILES string of the molecule is CS(=O)(=O)c1c(C2CNCCO2)ccc2c1OCCO2. The van der Waals surface area contributed by atoms with Gasteiger partial charge in [-0.05, 0) is 6.07 Å². The number of hydrogen-bond donors (Lipinski definition) is 1. The summed E-state index contributed by atoms with van der Waals surface area (Å²) in [6.45, 7) is 2.69. The predicted octanol–water partition coefficient (Wildman–Crippen LogP) is 0.522. The molecule has 2 aliphatic heterocycles. The van der Waals surface area contributed by atoms with Crippen LogP contribution in [0.5, 0.6) is 11.5 Å². The number of sulfone groups is 1. The lowest BCUT2D eigenvalue weighted by Gasteiger charge is -2.28. The van der Waals surface area contributed by atoms with Crippen molar-refractivity contribution in [2.75, 3.05) is 39.2 Å². The van der Waals surface area contributed by atoms with Gasteiger partial charge in [-0.15, -0.1) is 0 Å². The summed E-state index contributed by atoms with van der Waals surface area (Å²) in [5.41, 5.74) is 0.629. The Kier molecular flexibility index (Phi) is 3.57. The molecule has 2 aliphatic rings. The molecule has 1 aromatic carbocycles. The molecule has 1 unspecified atom stereocenters. The van der Waals surface area contributed by atoms with Crippen LogP contribution in [0.2, 0.25) is 0 Å². The molecule has 0 radical (unpaired) electrons. The van der Waals surface area contributed by atoms with E-state index in [4.69, 9.17) is 14.2 Å². The summed E-state index contributed by atoms with van der Waals surface area (Å²) in [5, 5.41) is 3.20. The Morgan fingerprint density at radius 2 is 2.00 bits per heavy atom. The zero-order valence-corrected chi connectivity index (χ0v) is 12.0. The molecule has 6 nitrogen and oxygen atoms in total. The van der Waals surface area contributed by atoms with Gasteiger partial charge in [-0.2, -0.15) is 0 Å². The van der Waals surface area contributed by atoms with E-state index in [2.05, 4.69) is 5.32 Å². The fraction of sp³-hybridized carbons (Fsp3) is 0.538. The highest BCUT2D eigenvalue weighted by molar-refractivity contribution is 7.90. The summed E-state index contributed by atoms with van der Waals surface area (Å²) < 4.78 is 41.0. The lowest BCUT2D eigenvalue weighted by Crippen LogP contribution is -2.34. The number of benzene rings is 1. The van der Waals surface area contributed by atoms with Crippen LogP contribution in [-0.4, -0.2) is 47.6 Å². The zero-order valence-electron chi connectivity index (χ0n) is 11.2. The highest BCUT2D eigenvalue weighted by Gasteiger charge is 2.30. The maximum atomic E-state index is 12.2. The molecular formula is C13H17NO5S.